The minimum Gasteiger partial charge on any atom is -0.316 e. The predicted octanol–water partition coefficient (Wildman–Crippen LogP) is 1.45. The third kappa shape index (κ3) is 8.51. The highest BCUT2D eigenvalue weighted by atomic mass is 32.2. The van der Waals surface area contributed by atoms with E-state index in [1.54, 1.807) is 0 Å². The Labute approximate surface area is 88.2 Å². The molecule has 0 unspecified atom stereocenters. The lowest BCUT2D eigenvalue weighted by Crippen LogP contribution is -2.31. The molecule has 0 amide bonds. The Hall–Kier alpha value is -0.0900. The Balaban J connectivity index is 3.83. The molecule has 0 aromatic heterocycles. The zero-order valence-corrected chi connectivity index (χ0v) is 10.6. The summed E-state index contributed by atoms with van der Waals surface area (Å²) in [7, 11) is -2.82. The van der Waals surface area contributed by atoms with Crippen molar-refractivity contribution in [2.75, 3.05) is 25.1 Å². The molecule has 0 saturated heterocycles. The van der Waals surface area contributed by atoms with Crippen molar-refractivity contribution in [1.29, 1.82) is 0 Å². The Morgan fingerprint density at radius 2 is 1.86 bits per heavy atom. The summed E-state index contributed by atoms with van der Waals surface area (Å²) in [6, 6.07) is 0. The quantitative estimate of drug-likeness (QED) is 0.662. The van der Waals surface area contributed by atoms with Crippen LogP contribution in [0.2, 0.25) is 0 Å². The molecule has 0 heterocycles. The van der Waals surface area contributed by atoms with E-state index < -0.39 is 9.84 Å². The predicted molar refractivity (Wildman–Crippen MR) is 61.3 cm³/mol. The largest absolute Gasteiger partial charge is 0.316 e. The molecular formula is C10H23NO2S. The first kappa shape index (κ1) is 13.9. The summed E-state index contributed by atoms with van der Waals surface area (Å²) in [5, 5.41) is 3.32. The lowest BCUT2D eigenvalue weighted by Gasteiger charge is -2.24. The van der Waals surface area contributed by atoms with Crippen molar-refractivity contribution in [2.45, 2.75) is 33.6 Å². The average molecular weight is 221 g/mol. The fourth-order valence-electron chi connectivity index (χ4n) is 1.15. The van der Waals surface area contributed by atoms with Crippen LogP contribution >= 0.6 is 0 Å². The van der Waals surface area contributed by atoms with Crippen LogP contribution in [0, 0.1) is 5.41 Å². The van der Waals surface area contributed by atoms with E-state index >= 15 is 0 Å². The van der Waals surface area contributed by atoms with Gasteiger partial charge in [-0.1, -0.05) is 20.8 Å². The standard InChI is InChI=1S/C10H23NO2S/c1-5-7-11-9-10(2,3)6-8-14(4,12)13/h11H,5-9H2,1-4H3. The average Bonchev–Trinajstić information content (AvgIpc) is 2.00. The molecule has 0 aliphatic heterocycles. The van der Waals surface area contributed by atoms with Crippen LogP contribution in [-0.2, 0) is 9.84 Å². The summed E-state index contributed by atoms with van der Waals surface area (Å²) in [6.45, 7) is 8.21. The highest BCUT2D eigenvalue weighted by molar-refractivity contribution is 7.90. The van der Waals surface area contributed by atoms with Crippen molar-refractivity contribution < 1.29 is 8.42 Å². The van der Waals surface area contributed by atoms with Gasteiger partial charge in [0.1, 0.15) is 9.84 Å². The van der Waals surface area contributed by atoms with Gasteiger partial charge in [-0.15, -0.1) is 0 Å². The SMILES string of the molecule is CCCNCC(C)(C)CCS(C)(=O)=O. The van der Waals surface area contributed by atoms with Crippen LogP contribution in [-0.4, -0.2) is 33.5 Å². The molecule has 0 aromatic carbocycles. The van der Waals surface area contributed by atoms with Gasteiger partial charge in [0.2, 0.25) is 0 Å². The highest BCUT2D eigenvalue weighted by Crippen LogP contribution is 2.19. The van der Waals surface area contributed by atoms with Crippen molar-refractivity contribution >= 4 is 9.84 Å². The second kappa shape index (κ2) is 5.71. The molecule has 0 bridgehead atoms. The molecule has 0 radical (unpaired) electrons. The summed E-state index contributed by atoms with van der Waals surface area (Å²) in [5.74, 6) is 0.286. The minimum absolute atomic E-state index is 0.0677. The molecule has 14 heavy (non-hydrogen) atoms. The van der Waals surface area contributed by atoms with E-state index in [0.29, 0.717) is 0 Å². The molecule has 86 valence electrons. The number of hydrogen-bond acceptors (Lipinski definition) is 3. The summed E-state index contributed by atoms with van der Waals surface area (Å²) >= 11 is 0. The molecule has 0 atom stereocenters. The third-order valence-corrected chi connectivity index (χ3v) is 3.13. The van der Waals surface area contributed by atoms with Crippen LogP contribution < -0.4 is 5.32 Å². The number of hydrogen-bond donors (Lipinski definition) is 1. The summed E-state index contributed by atoms with van der Waals surface area (Å²) in [4.78, 5) is 0. The van der Waals surface area contributed by atoms with E-state index in [1.807, 2.05) is 0 Å². The first-order valence-corrected chi connectivity index (χ1v) is 7.21. The topological polar surface area (TPSA) is 46.2 Å². The first-order valence-electron chi connectivity index (χ1n) is 5.15. The molecular weight excluding hydrogens is 198 g/mol. The monoisotopic (exact) mass is 221 g/mol. The van der Waals surface area contributed by atoms with Gasteiger partial charge < -0.3 is 5.32 Å². The van der Waals surface area contributed by atoms with Gasteiger partial charge in [0.25, 0.3) is 0 Å². The normalized spacial score (nSPS) is 13.1. The van der Waals surface area contributed by atoms with E-state index in [0.717, 1.165) is 25.9 Å². The molecule has 3 nitrogen and oxygen atoms in total. The maximum Gasteiger partial charge on any atom is 0.147 e. The van der Waals surface area contributed by atoms with Crippen LogP contribution in [0.4, 0.5) is 0 Å². The second-order valence-corrected chi connectivity index (χ2v) is 6.98. The number of rotatable bonds is 7. The van der Waals surface area contributed by atoms with Gasteiger partial charge in [-0.2, -0.15) is 0 Å². The lowest BCUT2D eigenvalue weighted by atomic mass is 9.90. The molecule has 4 heteroatoms. The van der Waals surface area contributed by atoms with E-state index in [2.05, 4.69) is 26.1 Å². The maximum absolute atomic E-state index is 11.0. The molecule has 0 aliphatic rings. The summed E-state index contributed by atoms with van der Waals surface area (Å²) < 4.78 is 22.0. The highest BCUT2D eigenvalue weighted by Gasteiger charge is 2.19. The maximum atomic E-state index is 11.0. The van der Waals surface area contributed by atoms with Crippen LogP contribution in [0.5, 0.6) is 0 Å². The molecule has 0 saturated carbocycles. The fraction of sp³-hybridized carbons (Fsp3) is 1.00. The smallest absolute Gasteiger partial charge is 0.147 e. The molecule has 0 fully saturated rings. The van der Waals surface area contributed by atoms with Crippen molar-refractivity contribution in [2.24, 2.45) is 5.41 Å². The Morgan fingerprint density at radius 3 is 2.29 bits per heavy atom. The Morgan fingerprint density at radius 1 is 1.29 bits per heavy atom. The molecule has 0 rings (SSSR count). The molecule has 0 aromatic rings. The summed E-state index contributed by atoms with van der Waals surface area (Å²) in [6.07, 6.45) is 3.13. The van der Waals surface area contributed by atoms with Gasteiger partial charge in [-0.05, 0) is 24.8 Å². The first-order chi connectivity index (χ1) is 6.27. The zero-order valence-electron chi connectivity index (χ0n) is 9.76. The lowest BCUT2D eigenvalue weighted by molar-refractivity contribution is 0.329. The Bertz CT molecular complexity index is 245. The van der Waals surface area contributed by atoms with E-state index in [9.17, 15) is 8.42 Å². The van der Waals surface area contributed by atoms with Gasteiger partial charge in [0, 0.05) is 12.8 Å². The second-order valence-electron chi connectivity index (χ2n) is 4.72. The third-order valence-electron chi connectivity index (χ3n) is 2.18. The van der Waals surface area contributed by atoms with Crippen molar-refractivity contribution in [1.82, 2.24) is 5.32 Å². The van der Waals surface area contributed by atoms with Crippen LogP contribution in [0.15, 0.2) is 0 Å². The van der Waals surface area contributed by atoms with E-state index in [1.165, 1.54) is 6.26 Å². The van der Waals surface area contributed by atoms with E-state index in [-0.39, 0.29) is 11.2 Å². The van der Waals surface area contributed by atoms with Crippen LogP contribution in [0.3, 0.4) is 0 Å². The zero-order chi connectivity index (χ0) is 11.2. The van der Waals surface area contributed by atoms with Crippen molar-refractivity contribution in [3.8, 4) is 0 Å². The van der Waals surface area contributed by atoms with Crippen molar-refractivity contribution in [3.05, 3.63) is 0 Å². The Kier molecular flexibility index (Phi) is 5.67. The van der Waals surface area contributed by atoms with Gasteiger partial charge in [-0.3, -0.25) is 0 Å². The van der Waals surface area contributed by atoms with Gasteiger partial charge in [0.15, 0.2) is 0 Å². The molecule has 1 N–H and O–H groups in total. The van der Waals surface area contributed by atoms with Gasteiger partial charge in [-0.25, -0.2) is 8.42 Å². The van der Waals surface area contributed by atoms with E-state index in [4.69, 9.17) is 0 Å². The summed E-state index contributed by atoms with van der Waals surface area (Å²) in [5.41, 5.74) is 0.0677. The van der Waals surface area contributed by atoms with Gasteiger partial charge in [0.05, 0.1) is 5.75 Å². The van der Waals surface area contributed by atoms with Crippen LogP contribution in [0.1, 0.15) is 33.6 Å². The molecule has 0 spiro atoms. The van der Waals surface area contributed by atoms with Crippen molar-refractivity contribution in [3.63, 3.8) is 0 Å². The van der Waals surface area contributed by atoms with Gasteiger partial charge >= 0.3 is 0 Å². The number of nitrogens with one attached hydrogen (secondary N) is 1. The number of sulfone groups is 1. The minimum atomic E-state index is -2.82. The fourth-order valence-corrected chi connectivity index (χ4v) is 2.08. The molecule has 0 aliphatic carbocycles. The van der Waals surface area contributed by atoms with Crippen LogP contribution in [0.25, 0.3) is 0 Å².